The minimum atomic E-state index is -0.180. The molecule has 7 heteroatoms. The molecule has 6 nitrogen and oxygen atoms in total. The largest absolute Gasteiger partial charge is 0.492 e. The van der Waals surface area contributed by atoms with Crippen molar-refractivity contribution in [3.63, 3.8) is 0 Å². The zero-order valence-electron chi connectivity index (χ0n) is 12.4. The summed E-state index contributed by atoms with van der Waals surface area (Å²) in [6, 6.07) is 0.147. The maximum atomic E-state index is 11.9. The molecular weight excluding hydrogens is 278 g/mol. The number of nitrogen functional groups attached to an aromatic ring is 1. The molecule has 0 aliphatic heterocycles. The highest BCUT2D eigenvalue weighted by Gasteiger charge is 2.22. The van der Waals surface area contributed by atoms with E-state index in [1.165, 1.54) is 11.3 Å². The predicted molar refractivity (Wildman–Crippen MR) is 82.9 cm³/mol. The van der Waals surface area contributed by atoms with Crippen LogP contribution in [0, 0.1) is 0 Å². The molecule has 20 heavy (non-hydrogen) atoms. The Bertz CT molecular complexity index is 448. The van der Waals surface area contributed by atoms with Crippen molar-refractivity contribution < 1.29 is 14.3 Å². The molecule has 1 aromatic rings. The lowest BCUT2D eigenvalue weighted by Crippen LogP contribution is -2.23. The zero-order chi connectivity index (χ0) is 15.1. The van der Waals surface area contributed by atoms with Crippen LogP contribution < -0.4 is 21.1 Å². The Balaban J connectivity index is 3.01. The number of ether oxygens (including phenoxy) is 2. The lowest BCUT2D eigenvalue weighted by molar-refractivity contribution is 0.0960. The molecule has 0 aromatic carbocycles. The van der Waals surface area contributed by atoms with Gasteiger partial charge in [-0.2, -0.15) is 0 Å². The number of rotatable bonds is 8. The van der Waals surface area contributed by atoms with E-state index in [-0.39, 0.29) is 11.9 Å². The molecule has 0 radical (unpaired) electrons. The van der Waals surface area contributed by atoms with Gasteiger partial charge in [-0.15, -0.1) is 11.3 Å². The molecule has 1 aromatic heterocycles. The van der Waals surface area contributed by atoms with Gasteiger partial charge < -0.3 is 25.8 Å². The molecule has 1 unspecified atom stereocenters. The lowest BCUT2D eigenvalue weighted by Gasteiger charge is -2.16. The van der Waals surface area contributed by atoms with Crippen molar-refractivity contribution in [1.82, 2.24) is 5.32 Å². The second-order valence-electron chi connectivity index (χ2n) is 4.27. The third kappa shape index (κ3) is 3.77. The van der Waals surface area contributed by atoms with Crippen molar-refractivity contribution in [3.05, 3.63) is 4.88 Å². The first kappa shape index (κ1) is 16.6. The quantitative estimate of drug-likeness (QED) is 0.683. The van der Waals surface area contributed by atoms with E-state index in [4.69, 9.17) is 15.2 Å². The van der Waals surface area contributed by atoms with E-state index in [1.54, 1.807) is 14.2 Å². The number of hydrogen-bond acceptors (Lipinski definition) is 6. The molecule has 114 valence electrons. The number of thiophene rings is 1. The smallest absolute Gasteiger partial charge is 0.263 e. The summed E-state index contributed by atoms with van der Waals surface area (Å²) in [6.45, 7) is 5.06. The Hall–Kier alpha value is -1.47. The Morgan fingerprint density at radius 2 is 2.10 bits per heavy atom. The van der Waals surface area contributed by atoms with Crippen molar-refractivity contribution in [1.29, 1.82) is 0 Å². The highest BCUT2D eigenvalue weighted by molar-refractivity contribution is 7.19. The molecule has 0 spiro atoms. The van der Waals surface area contributed by atoms with E-state index < -0.39 is 0 Å². The van der Waals surface area contributed by atoms with Gasteiger partial charge in [0, 0.05) is 13.7 Å². The zero-order valence-corrected chi connectivity index (χ0v) is 13.2. The van der Waals surface area contributed by atoms with Crippen LogP contribution >= 0.6 is 11.3 Å². The Morgan fingerprint density at radius 3 is 2.60 bits per heavy atom. The summed E-state index contributed by atoms with van der Waals surface area (Å²) in [6.07, 6.45) is 0.894. The minimum Gasteiger partial charge on any atom is -0.492 e. The van der Waals surface area contributed by atoms with Crippen molar-refractivity contribution in [3.8, 4) is 5.75 Å². The fourth-order valence-corrected chi connectivity index (χ4v) is 2.87. The average molecular weight is 301 g/mol. The molecule has 0 bridgehead atoms. The summed E-state index contributed by atoms with van der Waals surface area (Å²) in [7, 11) is 3.20. The molecule has 0 fully saturated rings. The van der Waals surface area contributed by atoms with E-state index in [0.717, 1.165) is 11.4 Å². The number of anilines is 2. The van der Waals surface area contributed by atoms with Crippen LogP contribution in [0.1, 0.15) is 29.9 Å². The van der Waals surface area contributed by atoms with Crippen LogP contribution in [0.2, 0.25) is 0 Å². The third-order valence-corrected chi connectivity index (χ3v) is 3.96. The topological polar surface area (TPSA) is 85.6 Å². The summed E-state index contributed by atoms with van der Waals surface area (Å²) < 4.78 is 10.5. The van der Waals surface area contributed by atoms with Gasteiger partial charge in [-0.1, -0.05) is 6.92 Å². The third-order valence-electron chi connectivity index (χ3n) is 2.84. The predicted octanol–water partition coefficient (Wildman–Crippen LogP) is 1.93. The normalized spacial score (nSPS) is 12.0. The van der Waals surface area contributed by atoms with Crippen molar-refractivity contribution in [2.75, 3.05) is 38.4 Å². The van der Waals surface area contributed by atoms with Gasteiger partial charge in [0.15, 0.2) is 5.75 Å². The van der Waals surface area contributed by atoms with E-state index in [0.29, 0.717) is 29.5 Å². The first-order chi connectivity index (χ1) is 9.58. The molecule has 1 amide bonds. The molecule has 0 saturated carbocycles. The van der Waals surface area contributed by atoms with Crippen molar-refractivity contribution in [2.45, 2.75) is 26.3 Å². The number of carbonyl (C=O) groups is 1. The van der Waals surface area contributed by atoms with Gasteiger partial charge in [-0.05, 0) is 13.3 Å². The first-order valence-corrected chi connectivity index (χ1v) is 7.40. The highest BCUT2D eigenvalue weighted by atomic mass is 32.1. The standard InChI is InChI=1S/C13H23N3O3S/c1-5-8(7-18-3)16-13-10(19-4)9(14)11(20-13)12(17)15-6-2/h8,16H,5-7,14H2,1-4H3,(H,15,17). The van der Waals surface area contributed by atoms with Gasteiger partial charge in [-0.25, -0.2) is 0 Å². The van der Waals surface area contributed by atoms with Crippen LogP contribution in [0.15, 0.2) is 0 Å². The van der Waals surface area contributed by atoms with Crippen molar-refractivity contribution >= 4 is 27.9 Å². The molecule has 0 aliphatic rings. The van der Waals surface area contributed by atoms with E-state index in [9.17, 15) is 4.79 Å². The highest BCUT2D eigenvalue weighted by Crippen LogP contribution is 2.42. The van der Waals surface area contributed by atoms with Gasteiger partial charge in [0.1, 0.15) is 15.6 Å². The number of nitrogens with two attached hydrogens (primary N) is 1. The number of hydrogen-bond donors (Lipinski definition) is 3. The summed E-state index contributed by atoms with van der Waals surface area (Å²) in [4.78, 5) is 12.4. The van der Waals surface area contributed by atoms with Crippen LogP contribution in [0.3, 0.4) is 0 Å². The maximum Gasteiger partial charge on any atom is 0.263 e. The number of carbonyl (C=O) groups excluding carboxylic acids is 1. The Labute approximate surface area is 123 Å². The fourth-order valence-electron chi connectivity index (χ4n) is 1.78. The average Bonchev–Trinajstić information content (AvgIpc) is 2.74. The van der Waals surface area contributed by atoms with Gasteiger partial charge in [0.05, 0.1) is 19.8 Å². The second-order valence-corrected chi connectivity index (χ2v) is 5.29. The summed E-state index contributed by atoms with van der Waals surface area (Å²) >= 11 is 1.30. The van der Waals surface area contributed by atoms with Crippen LogP contribution in [-0.2, 0) is 4.74 Å². The summed E-state index contributed by atoms with van der Waals surface area (Å²) in [5, 5.41) is 6.82. The molecule has 0 saturated heterocycles. The lowest BCUT2D eigenvalue weighted by atomic mass is 10.2. The molecular formula is C13H23N3O3S. The maximum absolute atomic E-state index is 11.9. The van der Waals surface area contributed by atoms with E-state index in [1.807, 2.05) is 6.92 Å². The van der Waals surface area contributed by atoms with Crippen LogP contribution in [0.4, 0.5) is 10.7 Å². The summed E-state index contributed by atoms with van der Waals surface area (Å²) in [5.41, 5.74) is 6.36. The minimum absolute atomic E-state index is 0.147. The molecule has 0 aliphatic carbocycles. The van der Waals surface area contributed by atoms with E-state index >= 15 is 0 Å². The fraction of sp³-hybridized carbons (Fsp3) is 0.615. The number of amides is 1. The molecule has 1 rings (SSSR count). The van der Waals surface area contributed by atoms with Crippen LogP contribution in [-0.4, -0.2) is 39.3 Å². The summed E-state index contributed by atoms with van der Waals surface area (Å²) in [5.74, 6) is 0.340. The molecule has 1 atom stereocenters. The SMILES string of the molecule is CCNC(=O)c1sc(NC(CC)COC)c(OC)c1N. The van der Waals surface area contributed by atoms with Crippen molar-refractivity contribution in [2.24, 2.45) is 0 Å². The van der Waals surface area contributed by atoms with Gasteiger partial charge >= 0.3 is 0 Å². The van der Waals surface area contributed by atoms with Gasteiger partial charge in [0.2, 0.25) is 0 Å². The van der Waals surface area contributed by atoms with Gasteiger partial charge in [0.25, 0.3) is 5.91 Å². The first-order valence-electron chi connectivity index (χ1n) is 6.58. The Kier molecular flexibility index (Phi) is 6.60. The van der Waals surface area contributed by atoms with Crippen LogP contribution in [0.25, 0.3) is 0 Å². The van der Waals surface area contributed by atoms with Gasteiger partial charge in [-0.3, -0.25) is 4.79 Å². The number of nitrogens with one attached hydrogen (secondary N) is 2. The Morgan fingerprint density at radius 1 is 1.40 bits per heavy atom. The monoisotopic (exact) mass is 301 g/mol. The van der Waals surface area contributed by atoms with Crippen LogP contribution in [0.5, 0.6) is 5.75 Å². The molecule has 4 N–H and O–H groups in total. The number of methoxy groups -OCH3 is 2. The second kappa shape index (κ2) is 7.96. The molecule has 1 heterocycles. The van der Waals surface area contributed by atoms with E-state index in [2.05, 4.69) is 17.6 Å².